The van der Waals surface area contributed by atoms with Gasteiger partial charge >= 0.3 is 0 Å². The molecule has 112 valence electrons. The number of hydrogen-bond acceptors (Lipinski definition) is 3. The largest absolute Gasteiger partial charge is 0.426 e. The molecule has 0 fully saturated rings. The zero-order chi connectivity index (χ0) is 15.5. The van der Waals surface area contributed by atoms with Crippen LogP contribution in [0.15, 0.2) is 46.9 Å². The Balaban J connectivity index is 1.81. The monoisotopic (exact) mass is 316 g/mol. The lowest BCUT2D eigenvalue weighted by atomic mass is 10.0. The number of rotatable bonds is 4. The van der Waals surface area contributed by atoms with Gasteiger partial charge in [0.15, 0.2) is 0 Å². The van der Waals surface area contributed by atoms with E-state index < -0.39 is 0 Å². The third-order valence-corrected chi connectivity index (χ3v) is 3.65. The van der Waals surface area contributed by atoms with Gasteiger partial charge in [-0.1, -0.05) is 29.8 Å². The number of hydrogen-bond donors (Lipinski definition) is 0. The van der Waals surface area contributed by atoms with E-state index in [1.165, 1.54) is 6.07 Å². The standard InChI is InChI=1S/C17H14ClFN2O/c1-11-20-21-17(22-11)9-5-14-10-13(4-8-16(14)19)12-2-6-15(18)7-3-12/h2-4,6-8,10H,5,9H2,1H3. The van der Waals surface area contributed by atoms with Gasteiger partial charge in [-0.3, -0.25) is 0 Å². The summed E-state index contributed by atoms with van der Waals surface area (Å²) in [6, 6.07) is 12.6. The molecule has 0 aliphatic rings. The molecular formula is C17H14ClFN2O. The van der Waals surface area contributed by atoms with Gasteiger partial charge in [-0.25, -0.2) is 4.39 Å². The molecular weight excluding hydrogens is 303 g/mol. The van der Waals surface area contributed by atoms with Gasteiger partial charge in [0.2, 0.25) is 11.8 Å². The molecule has 0 bridgehead atoms. The summed E-state index contributed by atoms with van der Waals surface area (Å²) in [5.41, 5.74) is 2.58. The van der Waals surface area contributed by atoms with E-state index in [-0.39, 0.29) is 5.82 Å². The van der Waals surface area contributed by atoms with Crippen molar-refractivity contribution in [2.75, 3.05) is 0 Å². The van der Waals surface area contributed by atoms with E-state index in [4.69, 9.17) is 16.0 Å². The van der Waals surface area contributed by atoms with Crippen molar-refractivity contribution in [3.63, 3.8) is 0 Å². The van der Waals surface area contributed by atoms with Crippen molar-refractivity contribution in [1.29, 1.82) is 0 Å². The second-order valence-corrected chi connectivity index (χ2v) is 5.46. The Bertz CT molecular complexity index is 784. The van der Waals surface area contributed by atoms with Crippen molar-refractivity contribution in [3.05, 3.63) is 70.6 Å². The minimum atomic E-state index is -0.228. The number of nitrogens with zero attached hydrogens (tertiary/aromatic N) is 2. The molecule has 0 saturated heterocycles. The second kappa shape index (κ2) is 6.28. The van der Waals surface area contributed by atoms with E-state index in [1.54, 1.807) is 13.0 Å². The molecule has 0 aliphatic heterocycles. The van der Waals surface area contributed by atoms with E-state index in [1.807, 2.05) is 30.3 Å². The van der Waals surface area contributed by atoms with Gasteiger partial charge in [-0.15, -0.1) is 10.2 Å². The van der Waals surface area contributed by atoms with Gasteiger partial charge in [0.1, 0.15) is 5.82 Å². The first-order valence-corrected chi connectivity index (χ1v) is 7.33. The number of halogens is 2. The number of benzene rings is 2. The molecule has 0 N–H and O–H groups in total. The molecule has 3 nitrogen and oxygen atoms in total. The molecule has 5 heteroatoms. The highest BCUT2D eigenvalue weighted by Gasteiger charge is 2.08. The molecule has 0 radical (unpaired) electrons. The third kappa shape index (κ3) is 3.34. The fourth-order valence-electron chi connectivity index (χ4n) is 2.27. The first-order chi connectivity index (χ1) is 10.6. The maximum Gasteiger partial charge on any atom is 0.216 e. The maximum absolute atomic E-state index is 14.0. The summed E-state index contributed by atoms with van der Waals surface area (Å²) in [7, 11) is 0. The van der Waals surface area contributed by atoms with Gasteiger partial charge < -0.3 is 4.42 Å². The molecule has 1 aromatic heterocycles. The van der Waals surface area contributed by atoms with Crippen LogP contribution < -0.4 is 0 Å². The molecule has 22 heavy (non-hydrogen) atoms. The predicted octanol–water partition coefficient (Wildman–Crippen LogP) is 4.62. The van der Waals surface area contributed by atoms with E-state index >= 15 is 0 Å². The van der Waals surface area contributed by atoms with Crippen molar-refractivity contribution in [3.8, 4) is 11.1 Å². The summed E-state index contributed by atoms with van der Waals surface area (Å²) in [6.07, 6.45) is 1.02. The smallest absolute Gasteiger partial charge is 0.216 e. The Kier molecular flexibility index (Phi) is 4.20. The average molecular weight is 317 g/mol. The fraction of sp³-hybridized carbons (Fsp3) is 0.176. The lowest BCUT2D eigenvalue weighted by molar-refractivity contribution is 0.465. The third-order valence-electron chi connectivity index (χ3n) is 3.40. The second-order valence-electron chi connectivity index (χ2n) is 5.03. The summed E-state index contributed by atoms with van der Waals surface area (Å²) < 4.78 is 19.3. The Morgan fingerprint density at radius 3 is 2.41 bits per heavy atom. The van der Waals surface area contributed by atoms with Crippen LogP contribution in [-0.2, 0) is 12.8 Å². The molecule has 1 heterocycles. The SMILES string of the molecule is Cc1nnc(CCc2cc(-c3ccc(Cl)cc3)ccc2F)o1. The van der Waals surface area contributed by atoms with Crippen LogP contribution in [0.4, 0.5) is 4.39 Å². The Labute approximate surface area is 132 Å². The summed E-state index contributed by atoms with van der Waals surface area (Å²) in [5.74, 6) is 0.813. The molecule has 0 unspecified atom stereocenters. The maximum atomic E-state index is 14.0. The van der Waals surface area contributed by atoms with Gasteiger partial charge in [-0.2, -0.15) is 0 Å². The fourth-order valence-corrected chi connectivity index (χ4v) is 2.39. The van der Waals surface area contributed by atoms with Crippen molar-refractivity contribution in [1.82, 2.24) is 10.2 Å². The highest BCUT2D eigenvalue weighted by Crippen LogP contribution is 2.24. The molecule has 3 rings (SSSR count). The molecule has 2 aromatic carbocycles. The van der Waals surface area contributed by atoms with Crippen LogP contribution in [0, 0.1) is 12.7 Å². The van der Waals surface area contributed by atoms with Crippen molar-refractivity contribution in [2.24, 2.45) is 0 Å². The summed E-state index contributed by atoms with van der Waals surface area (Å²) in [6.45, 7) is 1.73. The lowest BCUT2D eigenvalue weighted by Gasteiger charge is -2.07. The van der Waals surface area contributed by atoms with Crippen molar-refractivity contribution in [2.45, 2.75) is 19.8 Å². The lowest BCUT2D eigenvalue weighted by Crippen LogP contribution is -1.96. The summed E-state index contributed by atoms with van der Waals surface area (Å²) in [4.78, 5) is 0. The first-order valence-electron chi connectivity index (χ1n) is 6.95. The van der Waals surface area contributed by atoms with Crippen LogP contribution in [0.3, 0.4) is 0 Å². The zero-order valence-corrected chi connectivity index (χ0v) is 12.8. The van der Waals surface area contributed by atoms with E-state index in [9.17, 15) is 4.39 Å². The topological polar surface area (TPSA) is 38.9 Å². The molecule has 0 saturated carbocycles. The van der Waals surface area contributed by atoms with Gasteiger partial charge in [0.05, 0.1) is 0 Å². The Morgan fingerprint density at radius 1 is 1.00 bits per heavy atom. The molecule has 0 atom stereocenters. The Hall–Kier alpha value is -2.20. The van der Waals surface area contributed by atoms with Crippen LogP contribution in [0.2, 0.25) is 5.02 Å². The summed E-state index contributed by atoms with van der Waals surface area (Å²) in [5, 5.41) is 8.38. The normalized spacial score (nSPS) is 10.9. The molecule has 0 amide bonds. The van der Waals surface area contributed by atoms with Crippen molar-refractivity contribution < 1.29 is 8.81 Å². The van der Waals surface area contributed by atoms with Gasteiger partial charge in [0, 0.05) is 18.4 Å². The predicted molar refractivity (Wildman–Crippen MR) is 83.3 cm³/mol. The molecule has 0 aliphatic carbocycles. The van der Waals surface area contributed by atoms with Crippen LogP contribution in [0.5, 0.6) is 0 Å². The number of aryl methyl sites for hydroxylation is 3. The average Bonchev–Trinajstić information content (AvgIpc) is 2.93. The van der Waals surface area contributed by atoms with Gasteiger partial charge in [-0.05, 0) is 47.4 Å². The number of aromatic nitrogens is 2. The zero-order valence-electron chi connectivity index (χ0n) is 12.0. The van der Waals surface area contributed by atoms with Crippen LogP contribution in [-0.4, -0.2) is 10.2 Å². The van der Waals surface area contributed by atoms with E-state index in [0.717, 1.165) is 11.1 Å². The van der Waals surface area contributed by atoms with E-state index in [2.05, 4.69) is 10.2 Å². The van der Waals surface area contributed by atoms with E-state index in [0.29, 0.717) is 35.2 Å². The molecule has 3 aromatic rings. The Morgan fingerprint density at radius 2 is 1.73 bits per heavy atom. The van der Waals surface area contributed by atoms with Crippen LogP contribution in [0.1, 0.15) is 17.3 Å². The minimum Gasteiger partial charge on any atom is -0.426 e. The van der Waals surface area contributed by atoms with Crippen LogP contribution >= 0.6 is 11.6 Å². The first kappa shape index (κ1) is 14.7. The van der Waals surface area contributed by atoms with Crippen LogP contribution in [0.25, 0.3) is 11.1 Å². The quantitative estimate of drug-likeness (QED) is 0.705. The highest BCUT2D eigenvalue weighted by atomic mass is 35.5. The van der Waals surface area contributed by atoms with Gasteiger partial charge in [0.25, 0.3) is 0 Å². The highest BCUT2D eigenvalue weighted by molar-refractivity contribution is 6.30. The summed E-state index contributed by atoms with van der Waals surface area (Å²) >= 11 is 5.89. The minimum absolute atomic E-state index is 0.228. The molecule has 0 spiro atoms. The van der Waals surface area contributed by atoms with Crippen molar-refractivity contribution >= 4 is 11.6 Å².